The number of ether oxygens (including phenoxy) is 1. The highest BCUT2D eigenvalue weighted by molar-refractivity contribution is 5.95. The lowest BCUT2D eigenvalue weighted by atomic mass is 9.97. The van der Waals surface area contributed by atoms with Crippen molar-refractivity contribution in [2.45, 2.75) is 12.5 Å². The van der Waals surface area contributed by atoms with Gasteiger partial charge in [-0.05, 0) is 18.2 Å². The zero-order valence-electron chi connectivity index (χ0n) is 13.8. The Hall–Kier alpha value is -3.97. The second-order valence-corrected chi connectivity index (χ2v) is 5.43. The van der Waals surface area contributed by atoms with Crippen molar-refractivity contribution < 1.29 is 42.0 Å². The molecule has 2 aromatic rings. The number of hydrogen-bond donors (Lipinski definition) is 2. The van der Waals surface area contributed by atoms with Crippen molar-refractivity contribution in [2.75, 3.05) is 5.73 Å². The van der Waals surface area contributed by atoms with Crippen LogP contribution in [0.3, 0.4) is 0 Å². The number of carboxylic acids is 1. The first-order valence-electron chi connectivity index (χ1n) is 7.30. The van der Waals surface area contributed by atoms with Crippen LogP contribution in [0.1, 0.15) is 10.4 Å². The van der Waals surface area contributed by atoms with Crippen LogP contribution in [0, 0.1) is 20.2 Å². The fourth-order valence-corrected chi connectivity index (χ4v) is 2.32. The molecule has 10 nitrogen and oxygen atoms in total. The van der Waals surface area contributed by atoms with Gasteiger partial charge in [-0.1, -0.05) is 0 Å². The van der Waals surface area contributed by atoms with E-state index in [9.17, 15) is 42.6 Å². The van der Waals surface area contributed by atoms with E-state index < -0.39 is 62.2 Å². The lowest BCUT2D eigenvalue weighted by molar-refractivity contribution is -0.392. The van der Waals surface area contributed by atoms with Crippen molar-refractivity contribution in [3.05, 3.63) is 56.1 Å². The van der Waals surface area contributed by atoms with Gasteiger partial charge >= 0.3 is 18.5 Å². The minimum absolute atomic E-state index is 0.223. The average molecular weight is 419 g/mol. The molecule has 0 aromatic heterocycles. The Morgan fingerprint density at radius 1 is 1.10 bits per heavy atom. The van der Waals surface area contributed by atoms with Crippen LogP contribution in [0.5, 0.6) is 5.75 Å². The third-order valence-electron chi connectivity index (χ3n) is 3.51. The number of nitro benzene ring substituents is 2. The number of anilines is 1. The third kappa shape index (κ3) is 4.31. The van der Waals surface area contributed by atoms with Gasteiger partial charge in [0.1, 0.15) is 11.3 Å². The van der Waals surface area contributed by atoms with Crippen molar-refractivity contribution in [1.82, 2.24) is 0 Å². The van der Waals surface area contributed by atoms with E-state index in [-0.39, 0.29) is 5.69 Å². The molecule has 0 radical (unpaired) electrons. The van der Waals surface area contributed by atoms with Crippen LogP contribution in [-0.2, 0) is 0 Å². The number of benzene rings is 2. The summed E-state index contributed by atoms with van der Waals surface area (Å²) in [5.41, 5.74) is 0.390. The smallest absolute Gasteiger partial charge is 0.461 e. The normalized spacial score (nSPS) is 11.3. The molecular formula is C15H9F4N3O7. The molecule has 14 heteroatoms. The molecule has 0 bridgehead atoms. The zero-order chi connectivity index (χ0) is 22.1. The Kier molecular flexibility index (Phi) is 5.57. The summed E-state index contributed by atoms with van der Waals surface area (Å²) in [7, 11) is 0. The zero-order valence-corrected chi connectivity index (χ0v) is 13.8. The van der Waals surface area contributed by atoms with Gasteiger partial charge in [-0.25, -0.2) is 4.79 Å². The van der Waals surface area contributed by atoms with E-state index in [2.05, 4.69) is 4.74 Å². The highest BCUT2D eigenvalue weighted by atomic mass is 19.3. The van der Waals surface area contributed by atoms with E-state index in [0.29, 0.717) is 18.2 Å². The Morgan fingerprint density at radius 3 is 2.03 bits per heavy atom. The highest BCUT2D eigenvalue weighted by Crippen LogP contribution is 2.45. The number of carbonyl (C=O) groups is 1. The standard InChI is InChI=1S/C15H9F4N3O7/c16-14(17)15(18,19)29-11-2-1-7(20)5-8(11)12-9(21(25)26)3-6(13(23)24)4-10(12)22(27)28/h1-5,14H,20H2,(H,23,24). The largest absolute Gasteiger partial charge is 0.478 e. The molecular weight excluding hydrogens is 410 g/mol. The average Bonchev–Trinajstić information content (AvgIpc) is 2.61. The quantitative estimate of drug-likeness (QED) is 0.297. The number of nitro groups is 2. The number of nitrogens with zero attached hydrogens (tertiary/aromatic N) is 2. The summed E-state index contributed by atoms with van der Waals surface area (Å²) in [5, 5.41) is 31.8. The molecule has 0 aliphatic carbocycles. The minimum Gasteiger partial charge on any atom is -0.478 e. The molecule has 2 rings (SSSR count). The molecule has 29 heavy (non-hydrogen) atoms. The predicted octanol–water partition coefficient (Wildman–Crippen LogP) is 3.69. The molecule has 0 aliphatic rings. The van der Waals surface area contributed by atoms with Gasteiger partial charge in [-0.15, -0.1) is 0 Å². The molecule has 0 spiro atoms. The first-order chi connectivity index (χ1) is 13.3. The summed E-state index contributed by atoms with van der Waals surface area (Å²) in [6.45, 7) is 0. The van der Waals surface area contributed by atoms with E-state index in [0.717, 1.165) is 12.1 Å². The summed E-state index contributed by atoms with van der Waals surface area (Å²) < 4.78 is 55.7. The fraction of sp³-hybridized carbons (Fsp3) is 0.133. The van der Waals surface area contributed by atoms with Crippen LogP contribution < -0.4 is 10.5 Å². The molecule has 0 aliphatic heterocycles. The number of rotatable bonds is 7. The van der Waals surface area contributed by atoms with Gasteiger partial charge in [-0.3, -0.25) is 20.2 Å². The first kappa shape index (κ1) is 21.3. The van der Waals surface area contributed by atoms with Crippen LogP contribution in [0.25, 0.3) is 11.1 Å². The summed E-state index contributed by atoms with van der Waals surface area (Å²) in [4.78, 5) is 31.5. The fourth-order valence-electron chi connectivity index (χ4n) is 2.32. The summed E-state index contributed by atoms with van der Waals surface area (Å²) in [5.74, 6) is -2.81. The van der Waals surface area contributed by atoms with Crippen molar-refractivity contribution in [3.63, 3.8) is 0 Å². The van der Waals surface area contributed by atoms with E-state index in [1.54, 1.807) is 0 Å². The molecule has 0 heterocycles. The number of halogens is 4. The van der Waals surface area contributed by atoms with Crippen LogP contribution in [-0.4, -0.2) is 33.5 Å². The Bertz CT molecular complexity index is 978. The number of nitrogens with two attached hydrogens (primary N) is 1. The lowest BCUT2D eigenvalue weighted by Gasteiger charge is -2.19. The monoisotopic (exact) mass is 419 g/mol. The second-order valence-electron chi connectivity index (χ2n) is 5.43. The summed E-state index contributed by atoms with van der Waals surface area (Å²) in [6.07, 6.45) is -9.32. The topological polar surface area (TPSA) is 159 Å². The Morgan fingerprint density at radius 2 is 1.62 bits per heavy atom. The highest BCUT2D eigenvalue weighted by Gasteiger charge is 2.45. The molecule has 0 fully saturated rings. The molecule has 0 amide bonds. The van der Waals surface area contributed by atoms with Crippen LogP contribution in [0.15, 0.2) is 30.3 Å². The number of aromatic carboxylic acids is 1. The van der Waals surface area contributed by atoms with E-state index in [1.165, 1.54) is 0 Å². The Balaban J connectivity index is 2.90. The molecule has 0 saturated carbocycles. The molecule has 0 unspecified atom stereocenters. The maximum atomic E-state index is 13.4. The van der Waals surface area contributed by atoms with Gasteiger partial charge in [0.2, 0.25) is 0 Å². The van der Waals surface area contributed by atoms with Crippen molar-refractivity contribution in [3.8, 4) is 16.9 Å². The second kappa shape index (κ2) is 7.57. The van der Waals surface area contributed by atoms with E-state index in [4.69, 9.17) is 10.8 Å². The van der Waals surface area contributed by atoms with Crippen molar-refractivity contribution in [2.24, 2.45) is 0 Å². The maximum absolute atomic E-state index is 13.4. The van der Waals surface area contributed by atoms with Crippen molar-refractivity contribution in [1.29, 1.82) is 0 Å². The summed E-state index contributed by atoms with van der Waals surface area (Å²) in [6, 6.07) is 3.25. The van der Waals surface area contributed by atoms with E-state index >= 15 is 0 Å². The molecule has 0 atom stereocenters. The van der Waals surface area contributed by atoms with Crippen LogP contribution in [0.2, 0.25) is 0 Å². The van der Waals surface area contributed by atoms with Gasteiger partial charge in [0.25, 0.3) is 11.4 Å². The van der Waals surface area contributed by atoms with Crippen LogP contribution >= 0.6 is 0 Å². The predicted molar refractivity (Wildman–Crippen MR) is 88.1 cm³/mol. The number of carboxylic acid groups (broad SMARTS) is 1. The van der Waals surface area contributed by atoms with E-state index in [1.807, 2.05) is 0 Å². The van der Waals surface area contributed by atoms with Gasteiger partial charge in [0.05, 0.1) is 15.4 Å². The van der Waals surface area contributed by atoms with Crippen LogP contribution in [0.4, 0.5) is 34.6 Å². The Labute approximate surface area is 157 Å². The van der Waals surface area contributed by atoms with Crippen molar-refractivity contribution >= 4 is 23.0 Å². The van der Waals surface area contributed by atoms with Gasteiger partial charge in [0, 0.05) is 23.4 Å². The minimum atomic E-state index is -5.03. The number of alkyl halides is 4. The third-order valence-corrected chi connectivity index (χ3v) is 3.51. The molecule has 2 aromatic carbocycles. The lowest BCUT2D eigenvalue weighted by Crippen LogP contribution is -2.33. The summed E-state index contributed by atoms with van der Waals surface area (Å²) >= 11 is 0. The number of nitrogen functional groups attached to an aromatic ring is 1. The van der Waals surface area contributed by atoms with Gasteiger partial charge < -0.3 is 15.6 Å². The first-order valence-corrected chi connectivity index (χ1v) is 7.30. The molecule has 154 valence electrons. The SMILES string of the molecule is Nc1ccc(OC(F)(F)C(F)F)c(-c2c([N+](=O)[O-])cc(C(=O)O)cc2[N+](=O)[O-])c1. The molecule has 3 N–H and O–H groups in total. The maximum Gasteiger partial charge on any atom is 0.461 e. The van der Waals surface area contributed by atoms with Gasteiger partial charge in [0.15, 0.2) is 0 Å². The molecule has 0 saturated heterocycles. The van der Waals surface area contributed by atoms with Gasteiger partial charge in [-0.2, -0.15) is 17.6 Å². The number of hydrogen-bond acceptors (Lipinski definition) is 7.